The second kappa shape index (κ2) is 4.22. The molecule has 2 aromatic rings. The van der Waals surface area contributed by atoms with E-state index in [-0.39, 0.29) is 17.1 Å². The molecule has 0 bridgehead atoms. The lowest BCUT2D eigenvalue weighted by atomic mass is 10.3. The zero-order valence-corrected chi connectivity index (χ0v) is 8.59. The number of hydrogen-bond donors (Lipinski definition) is 3. The number of hydrogen-bond acceptors (Lipinski definition) is 4. The van der Waals surface area contributed by atoms with Crippen molar-refractivity contribution in [1.29, 1.82) is 0 Å². The van der Waals surface area contributed by atoms with E-state index in [9.17, 15) is 9.18 Å². The molecule has 1 heterocycles. The maximum atomic E-state index is 13.5. The SMILES string of the molecule is Nc1c(C(=O)NO)cnn1-c1ccccc1F. The van der Waals surface area contributed by atoms with Crippen molar-refractivity contribution < 1.29 is 14.4 Å². The van der Waals surface area contributed by atoms with E-state index >= 15 is 0 Å². The number of halogens is 1. The topological polar surface area (TPSA) is 93.2 Å². The molecule has 0 atom stereocenters. The summed E-state index contributed by atoms with van der Waals surface area (Å²) in [5.74, 6) is -1.37. The van der Waals surface area contributed by atoms with Crippen LogP contribution in [0.25, 0.3) is 5.69 Å². The normalized spacial score (nSPS) is 10.2. The largest absolute Gasteiger partial charge is 0.383 e. The maximum absolute atomic E-state index is 13.5. The number of nitrogens with zero attached hydrogens (tertiary/aromatic N) is 2. The van der Waals surface area contributed by atoms with Crippen LogP contribution in [0.4, 0.5) is 10.2 Å². The van der Waals surface area contributed by atoms with Crippen LogP contribution in [0.1, 0.15) is 10.4 Å². The standard InChI is InChI=1S/C10H9FN4O2/c11-7-3-1-2-4-8(7)15-9(12)6(5-13-15)10(16)14-17/h1-5,17H,12H2,(H,14,16). The number of anilines is 1. The van der Waals surface area contributed by atoms with Gasteiger partial charge < -0.3 is 5.73 Å². The van der Waals surface area contributed by atoms with Crippen molar-refractivity contribution in [3.8, 4) is 5.69 Å². The number of hydroxylamine groups is 1. The smallest absolute Gasteiger partial charge is 0.280 e. The highest BCUT2D eigenvalue weighted by Gasteiger charge is 2.16. The van der Waals surface area contributed by atoms with E-state index in [0.29, 0.717) is 0 Å². The molecular formula is C10H9FN4O2. The van der Waals surface area contributed by atoms with Gasteiger partial charge in [-0.15, -0.1) is 0 Å². The van der Waals surface area contributed by atoms with Gasteiger partial charge in [-0.3, -0.25) is 10.0 Å². The molecule has 0 saturated heterocycles. The molecule has 0 fully saturated rings. The summed E-state index contributed by atoms with van der Waals surface area (Å²) in [6, 6.07) is 5.87. The van der Waals surface area contributed by atoms with Gasteiger partial charge in [0.2, 0.25) is 0 Å². The highest BCUT2D eigenvalue weighted by molar-refractivity contribution is 5.97. The Labute approximate surface area is 95.4 Å². The Morgan fingerprint density at radius 2 is 2.18 bits per heavy atom. The molecule has 0 saturated carbocycles. The van der Waals surface area contributed by atoms with Crippen molar-refractivity contribution in [2.24, 2.45) is 0 Å². The fourth-order valence-electron chi connectivity index (χ4n) is 1.41. The van der Waals surface area contributed by atoms with Gasteiger partial charge in [-0.25, -0.2) is 14.6 Å². The van der Waals surface area contributed by atoms with Crippen molar-refractivity contribution in [2.75, 3.05) is 5.73 Å². The van der Waals surface area contributed by atoms with E-state index in [1.54, 1.807) is 6.07 Å². The number of rotatable bonds is 2. The number of aromatic nitrogens is 2. The van der Waals surface area contributed by atoms with E-state index < -0.39 is 11.7 Å². The molecule has 1 aromatic carbocycles. The minimum absolute atomic E-state index is 0.0317. The second-order valence-electron chi connectivity index (χ2n) is 3.25. The van der Waals surface area contributed by atoms with Crippen LogP contribution < -0.4 is 11.2 Å². The summed E-state index contributed by atoms with van der Waals surface area (Å²) in [5.41, 5.74) is 7.17. The molecule has 0 spiro atoms. The molecule has 1 aromatic heterocycles. The average molecular weight is 236 g/mol. The van der Waals surface area contributed by atoms with Gasteiger partial charge >= 0.3 is 0 Å². The molecule has 6 nitrogen and oxygen atoms in total. The lowest BCUT2D eigenvalue weighted by Crippen LogP contribution is -2.19. The first-order valence-electron chi connectivity index (χ1n) is 4.68. The third-order valence-corrected chi connectivity index (χ3v) is 2.23. The first-order chi connectivity index (χ1) is 8.15. The second-order valence-corrected chi connectivity index (χ2v) is 3.25. The van der Waals surface area contributed by atoms with Crippen LogP contribution >= 0.6 is 0 Å². The molecule has 0 unspecified atom stereocenters. The molecule has 1 amide bonds. The molecule has 7 heteroatoms. The zero-order valence-electron chi connectivity index (χ0n) is 8.59. The van der Waals surface area contributed by atoms with Crippen molar-refractivity contribution in [2.45, 2.75) is 0 Å². The number of nitrogens with two attached hydrogens (primary N) is 1. The van der Waals surface area contributed by atoms with Gasteiger partial charge in [0.1, 0.15) is 22.9 Å². The van der Waals surface area contributed by atoms with Gasteiger partial charge in [0.25, 0.3) is 5.91 Å². The fourth-order valence-corrected chi connectivity index (χ4v) is 1.41. The number of para-hydroxylation sites is 1. The number of carbonyl (C=O) groups is 1. The van der Waals surface area contributed by atoms with Crippen molar-refractivity contribution in [3.05, 3.63) is 41.8 Å². The number of nitrogen functional groups attached to an aromatic ring is 1. The minimum atomic E-state index is -0.801. The van der Waals surface area contributed by atoms with Crippen molar-refractivity contribution in [1.82, 2.24) is 15.3 Å². The van der Waals surface area contributed by atoms with Gasteiger partial charge in [-0.1, -0.05) is 12.1 Å². The lowest BCUT2D eigenvalue weighted by Gasteiger charge is -2.05. The molecule has 17 heavy (non-hydrogen) atoms. The molecule has 0 aliphatic rings. The summed E-state index contributed by atoms with van der Waals surface area (Å²) in [5, 5.41) is 12.3. The lowest BCUT2D eigenvalue weighted by molar-refractivity contribution is 0.0707. The third-order valence-electron chi connectivity index (χ3n) is 2.23. The summed E-state index contributed by atoms with van der Waals surface area (Å²) in [7, 11) is 0. The van der Waals surface area contributed by atoms with Crippen LogP contribution in [0.5, 0.6) is 0 Å². The molecule has 4 N–H and O–H groups in total. The minimum Gasteiger partial charge on any atom is -0.383 e. The van der Waals surface area contributed by atoms with Crippen LogP contribution in [0.3, 0.4) is 0 Å². The van der Waals surface area contributed by atoms with E-state index in [1.807, 2.05) is 0 Å². The summed E-state index contributed by atoms with van der Waals surface area (Å²) in [4.78, 5) is 11.2. The Bertz CT molecular complexity index is 567. The van der Waals surface area contributed by atoms with E-state index in [1.165, 1.54) is 23.7 Å². The van der Waals surface area contributed by atoms with Crippen LogP contribution in [0.15, 0.2) is 30.5 Å². The van der Waals surface area contributed by atoms with Crippen molar-refractivity contribution in [3.63, 3.8) is 0 Å². The summed E-state index contributed by atoms with van der Waals surface area (Å²) >= 11 is 0. The highest BCUT2D eigenvalue weighted by atomic mass is 19.1. The Kier molecular flexibility index (Phi) is 2.75. The third kappa shape index (κ3) is 1.83. The Balaban J connectivity index is 2.52. The van der Waals surface area contributed by atoms with Crippen LogP contribution in [0.2, 0.25) is 0 Å². The monoisotopic (exact) mass is 236 g/mol. The average Bonchev–Trinajstić information content (AvgIpc) is 2.71. The predicted molar refractivity (Wildman–Crippen MR) is 57.2 cm³/mol. The number of benzene rings is 1. The number of nitrogens with one attached hydrogen (secondary N) is 1. The fraction of sp³-hybridized carbons (Fsp3) is 0. The van der Waals surface area contributed by atoms with E-state index in [4.69, 9.17) is 10.9 Å². The van der Waals surface area contributed by atoms with Gasteiger partial charge in [0, 0.05) is 0 Å². The molecule has 0 radical (unpaired) electrons. The summed E-state index contributed by atoms with van der Waals surface area (Å²) in [6.45, 7) is 0. The summed E-state index contributed by atoms with van der Waals surface area (Å²) in [6.07, 6.45) is 1.15. The molecule has 88 valence electrons. The van der Waals surface area contributed by atoms with Crippen molar-refractivity contribution >= 4 is 11.7 Å². The van der Waals surface area contributed by atoms with Gasteiger partial charge in [-0.2, -0.15) is 5.10 Å². The molecular weight excluding hydrogens is 227 g/mol. The Morgan fingerprint density at radius 1 is 1.47 bits per heavy atom. The quantitative estimate of drug-likeness (QED) is 0.529. The maximum Gasteiger partial charge on any atom is 0.280 e. The number of carbonyl (C=O) groups excluding carboxylic acids is 1. The first-order valence-corrected chi connectivity index (χ1v) is 4.68. The zero-order chi connectivity index (χ0) is 12.4. The van der Waals surface area contributed by atoms with Gasteiger partial charge in [0.15, 0.2) is 0 Å². The molecule has 0 aliphatic heterocycles. The predicted octanol–water partition coefficient (Wildman–Crippen LogP) is 0.713. The first kappa shape index (κ1) is 11.1. The Morgan fingerprint density at radius 3 is 2.82 bits per heavy atom. The molecule has 0 aliphatic carbocycles. The van der Waals surface area contributed by atoms with E-state index in [2.05, 4.69) is 5.10 Å². The van der Waals surface area contributed by atoms with E-state index in [0.717, 1.165) is 10.9 Å². The Hall–Kier alpha value is -2.41. The van der Waals surface area contributed by atoms with Crippen LogP contribution in [-0.4, -0.2) is 20.9 Å². The van der Waals surface area contributed by atoms with Crippen LogP contribution in [-0.2, 0) is 0 Å². The number of amides is 1. The summed E-state index contributed by atoms with van der Waals surface area (Å²) < 4.78 is 14.6. The highest BCUT2D eigenvalue weighted by Crippen LogP contribution is 2.19. The molecule has 2 rings (SSSR count). The van der Waals surface area contributed by atoms with Gasteiger partial charge in [-0.05, 0) is 12.1 Å². The van der Waals surface area contributed by atoms with Crippen LogP contribution in [0, 0.1) is 5.82 Å². The van der Waals surface area contributed by atoms with Gasteiger partial charge in [0.05, 0.1) is 6.20 Å².